The van der Waals surface area contributed by atoms with Crippen LogP contribution in [0.5, 0.6) is 11.5 Å². The average Bonchev–Trinajstić information content (AvgIpc) is 2.43. The van der Waals surface area contributed by atoms with E-state index in [1.807, 2.05) is 0 Å². The molecular formula is C14H11F2NO4. The molecule has 0 bridgehead atoms. The minimum Gasteiger partial charge on any atom is -0.454 e. The summed E-state index contributed by atoms with van der Waals surface area (Å²) in [5, 5.41) is 19.8. The summed E-state index contributed by atoms with van der Waals surface area (Å²) in [7, 11) is 0. The van der Waals surface area contributed by atoms with Gasteiger partial charge in [0, 0.05) is 11.1 Å². The molecular weight excluding hydrogens is 284 g/mol. The summed E-state index contributed by atoms with van der Waals surface area (Å²) in [5.41, 5.74) is 0.0100. The highest BCUT2D eigenvalue weighted by Gasteiger charge is 2.17. The molecule has 0 amide bonds. The van der Waals surface area contributed by atoms with Crippen molar-refractivity contribution in [2.24, 2.45) is 0 Å². The molecule has 2 rings (SSSR count). The maximum atomic E-state index is 13.8. The van der Waals surface area contributed by atoms with Crippen molar-refractivity contribution >= 4 is 5.69 Å². The minimum absolute atomic E-state index is 0.0750. The van der Waals surface area contributed by atoms with E-state index in [-0.39, 0.29) is 28.3 Å². The molecule has 0 unspecified atom stereocenters. The van der Waals surface area contributed by atoms with Crippen LogP contribution in [0.25, 0.3) is 0 Å². The average molecular weight is 295 g/mol. The second kappa shape index (κ2) is 5.84. The van der Waals surface area contributed by atoms with Gasteiger partial charge in [-0.3, -0.25) is 10.1 Å². The van der Waals surface area contributed by atoms with E-state index in [0.29, 0.717) is 0 Å². The Kier molecular flexibility index (Phi) is 4.13. The third-order valence-corrected chi connectivity index (χ3v) is 2.86. The highest BCUT2D eigenvalue weighted by Crippen LogP contribution is 2.32. The summed E-state index contributed by atoms with van der Waals surface area (Å²) in [4.78, 5) is 10.0. The number of aliphatic hydroxyl groups excluding tert-OH is 1. The van der Waals surface area contributed by atoms with Crippen LogP contribution >= 0.6 is 0 Å². The number of benzene rings is 2. The van der Waals surface area contributed by atoms with E-state index < -0.39 is 23.2 Å². The quantitative estimate of drug-likeness (QED) is 0.692. The third kappa shape index (κ3) is 3.14. The van der Waals surface area contributed by atoms with Gasteiger partial charge in [0.05, 0.1) is 17.6 Å². The van der Waals surface area contributed by atoms with Crippen LogP contribution in [0.3, 0.4) is 0 Å². The number of aliphatic hydroxyl groups is 1. The Morgan fingerprint density at radius 2 is 1.95 bits per heavy atom. The van der Waals surface area contributed by atoms with Crippen LogP contribution in [-0.4, -0.2) is 10.0 Å². The Morgan fingerprint density at radius 3 is 2.57 bits per heavy atom. The fraction of sp³-hybridized carbons (Fsp3) is 0.143. The molecule has 0 aliphatic carbocycles. The summed E-state index contributed by atoms with van der Waals surface area (Å²) in [6, 6.07) is 5.35. The van der Waals surface area contributed by atoms with Gasteiger partial charge >= 0.3 is 0 Å². The van der Waals surface area contributed by atoms with Gasteiger partial charge in [-0.15, -0.1) is 0 Å². The molecule has 0 heterocycles. The Hall–Kier alpha value is -2.54. The van der Waals surface area contributed by atoms with Gasteiger partial charge < -0.3 is 9.84 Å². The molecule has 0 radical (unpaired) electrons. The van der Waals surface area contributed by atoms with Crippen LogP contribution in [0.1, 0.15) is 11.1 Å². The van der Waals surface area contributed by atoms with Gasteiger partial charge in [0.2, 0.25) is 0 Å². The second-order valence-electron chi connectivity index (χ2n) is 4.34. The monoisotopic (exact) mass is 295 g/mol. The maximum Gasteiger partial charge on any atom is 0.275 e. The molecule has 0 aromatic heterocycles. The predicted molar refractivity (Wildman–Crippen MR) is 70.2 cm³/mol. The Labute approximate surface area is 118 Å². The Bertz CT molecular complexity index is 704. The highest BCUT2D eigenvalue weighted by atomic mass is 19.1. The van der Waals surface area contributed by atoms with E-state index in [4.69, 9.17) is 9.84 Å². The summed E-state index contributed by atoms with van der Waals surface area (Å²) in [6.07, 6.45) is 0. The number of nitrogens with zero attached hydrogens (tertiary/aromatic N) is 1. The molecule has 0 atom stereocenters. The molecule has 7 heteroatoms. The number of rotatable bonds is 4. The number of ether oxygens (including phenoxy) is 1. The van der Waals surface area contributed by atoms with Crippen molar-refractivity contribution in [1.82, 2.24) is 0 Å². The van der Waals surface area contributed by atoms with Crippen LogP contribution in [-0.2, 0) is 6.61 Å². The molecule has 0 saturated heterocycles. The van der Waals surface area contributed by atoms with Gasteiger partial charge in [-0.1, -0.05) is 0 Å². The molecule has 5 nitrogen and oxygen atoms in total. The number of halogens is 2. The van der Waals surface area contributed by atoms with Crippen molar-refractivity contribution in [3.63, 3.8) is 0 Å². The van der Waals surface area contributed by atoms with Crippen LogP contribution in [0, 0.1) is 28.7 Å². The van der Waals surface area contributed by atoms with Gasteiger partial charge in [-0.2, -0.15) is 0 Å². The zero-order valence-corrected chi connectivity index (χ0v) is 11.0. The van der Waals surface area contributed by atoms with Gasteiger partial charge in [-0.25, -0.2) is 8.78 Å². The lowest BCUT2D eigenvalue weighted by atomic mass is 10.1. The Balaban J connectivity index is 2.41. The molecule has 110 valence electrons. The van der Waals surface area contributed by atoms with E-state index in [1.54, 1.807) is 0 Å². The number of hydrogen-bond acceptors (Lipinski definition) is 4. The zero-order chi connectivity index (χ0) is 15.6. The minimum atomic E-state index is -0.916. The number of hydrogen-bond donors (Lipinski definition) is 1. The summed E-state index contributed by atoms with van der Waals surface area (Å²) < 4.78 is 32.1. The lowest BCUT2D eigenvalue weighted by Crippen LogP contribution is -1.98. The fourth-order valence-corrected chi connectivity index (χ4v) is 1.81. The van der Waals surface area contributed by atoms with Crippen molar-refractivity contribution < 1.29 is 23.5 Å². The van der Waals surface area contributed by atoms with Crippen molar-refractivity contribution in [1.29, 1.82) is 0 Å². The highest BCUT2D eigenvalue weighted by molar-refractivity contribution is 5.47. The summed E-state index contributed by atoms with van der Waals surface area (Å²) in [6.45, 7) is 0.961. The number of nitro groups is 1. The Morgan fingerprint density at radius 1 is 1.24 bits per heavy atom. The van der Waals surface area contributed by atoms with Crippen LogP contribution in [0.15, 0.2) is 30.3 Å². The molecule has 2 aromatic carbocycles. The normalized spacial score (nSPS) is 10.5. The smallest absolute Gasteiger partial charge is 0.275 e. The first kappa shape index (κ1) is 14.9. The predicted octanol–water partition coefficient (Wildman–Crippen LogP) is 3.47. The first-order chi connectivity index (χ1) is 9.92. The van der Waals surface area contributed by atoms with Gasteiger partial charge in [-0.05, 0) is 31.2 Å². The molecule has 0 spiro atoms. The van der Waals surface area contributed by atoms with Gasteiger partial charge in [0.15, 0.2) is 11.6 Å². The molecule has 2 aromatic rings. The summed E-state index contributed by atoms with van der Waals surface area (Å²) in [5.74, 6) is -1.64. The fourth-order valence-electron chi connectivity index (χ4n) is 1.81. The van der Waals surface area contributed by atoms with Crippen molar-refractivity contribution in [3.05, 3.63) is 63.2 Å². The van der Waals surface area contributed by atoms with Crippen LogP contribution < -0.4 is 4.74 Å². The van der Waals surface area contributed by atoms with Crippen LogP contribution in [0.4, 0.5) is 14.5 Å². The van der Waals surface area contributed by atoms with E-state index >= 15 is 0 Å². The van der Waals surface area contributed by atoms with E-state index in [2.05, 4.69) is 0 Å². The zero-order valence-electron chi connectivity index (χ0n) is 11.0. The third-order valence-electron chi connectivity index (χ3n) is 2.86. The number of aryl methyl sites for hydroxylation is 1. The van der Waals surface area contributed by atoms with E-state index in [0.717, 1.165) is 18.2 Å². The first-order valence-electron chi connectivity index (χ1n) is 5.94. The van der Waals surface area contributed by atoms with Crippen molar-refractivity contribution in [3.8, 4) is 11.5 Å². The lowest BCUT2D eigenvalue weighted by Gasteiger charge is -2.11. The van der Waals surface area contributed by atoms with Gasteiger partial charge in [0.25, 0.3) is 5.69 Å². The second-order valence-corrected chi connectivity index (χ2v) is 4.34. The topological polar surface area (TPSA) is 72.6 Å². The molecule has 21 heavy (non-hydrogen) atoms. The van der Waals surface area contributed by atoms with E-state index in [1.165, 1.54) is 19.1 Å². The SMILES string of the molecule is Cc1cc(Oc2ccc(F)cc2CO)c(F)cc1[N+](=O)[O-]. The lowest BCUT2D eigenvalue weighted by molar-refractivity contribution is -0.385. The standard InChI is InChI=1S/C14H11F2NO4/c1-8-4-14(11(16)6-12(8)17(19)20)21-13-3-2-10(15)5-9(13)7-18/h2-6,18H,7H2,1H3. The van der Waals surface area contributed by atoms with Gasteiger partial charge in [0.1, 0.15) is 11.6 Å². The summed E-state index contributed by atoms with van der Waals surface area (Å²) >= 11 is 0. The molecule has 0 aliphatic heterocycles. The van der Waals surface area contributed by atoms with Crippen molar-refractivity contribution in [2.45, 2.75) is 13.5 Å². The largest absolute Gasteiger partial charge is 0.454 e. The first-order valence-corrected chi connectivity index (χ1v) is 5.94. The number of nitro benzene ring substituents is 1. The molecule has 1 N–H and O–H groups in total. The molecule has 0 saturated carbocycles. The maximum absolute atomic E-state index is 13.8. The molecule has 0 aliphatic rings. The van der Waals surface area contributed by atoms with Crippen LogP contribution in [0.2, 0.25) is 0 Å². The van der Waals surface area contributed by atoms with E-state index in [9.17, 15) is 18.9 Å². The molecule has 0 fully saturated rings. The van der Waals surface area contributed by atoms with Crippen molar-refractivity contribution in [2.75, 3.05) is 0 Å².